The van der Waals surface area contributed by atoms with Gasteiger partial charge in [0, 0.05) is 19.6 Å². The first-order valence-corrected chi connectivity index (χ1v) is 8.94. The summed E-state index contributed by atoms with van der Waals surface area (Å²) in [5.74, 6) is 0. The van der Waals surface area contributed by atoms with Gasteiger partial charge in [-0.25, -0.2) is 0 Å². The molecule has 0 radical (unpaired) electrons. The molecule has 0 aliphatic carbocycles. The lowest BCUT2D eigenvalue weighted by molar-refractivity contribution is 0.136. The van der Waals surface area contributed by atoms with Crippen LogP contribution in [0.2, 0.25) is 0 Å². The number of hydrogen-bond acceptors (Lipinski definition) is 6. The Morgan fingerprint density at radius 3 is 1.65 bits per heavy atom. The van der Waals surface area contributed by atoms with Gasteiger partial charge >= 0.3 is 0 Å². The van der Waals surface area contributed by atoms with E-state index in [4.69, 9.17) is 19.9 Å². The monoisotopic (exact) mass is 349 g/mol. The molecule has 0 unspecified atom stereocenters. The molecule has 0 aliphatic rings. The number of nitrogens with zero attached hydrogens (tertiary/aromatic N) is 1. The molecule has 0 atom stereocenters. The Morgan fingerprint density at radius 1 is 0.913 bits per heavy atom. The smallest absolute Gasteiger partial charge is 0.294 e. The normalized spacial score (nSPS) is 11.2. The third-order valence-electron chi connectivity index (χ3n) is 3.01. The maximum absolute atomic E-state index is 10.7. The number of aliphatic hydroxyl groups excluding tert-OH is 3. The zero-order chi connectivity index (χ0) is 17.7. The Bertz CT molecular complexity index is 489. The minimum absolute atomic E-state index is 0.0487. The average Bonchev–Trinajstić information content (AvgIpc) is 2.49. The van der Waals surface area contributed by atoms with Gasteiger partial charge in [0.15, 0.2) is 0 Å². The molecule has 0 heterocycles. The van der Waals surface area contributed by atoms with E-state index in [0.29, 0.717) is 19.6 Å². The van der Waals surface area contributed by atoms with Crippen LogP contribution in [0.5, 0.6) is 0 Å². The van der Waals surface area contributed by atoms with Gasteiger partial charge in [-0.1, -0.05) is 25.5 Å². The summed E-state index contributed by atoms with van der Waals surface area (Å²) in [6.45, 7) is 3.81. The minimum Gasteiger partial charge on any atom is -0.395 e. The van der Waals surface area contributed by atoms with E-state index in [1.54, 1.807) is 17.0 Å². The fourth-order valence-electron chi connectivity index (χ4n) is 1.88. The third-order valence-corrected chi connectivity index (χ3v) is 3.88. The SMILES string of the molecule is CCCc1ccc(S(=O)(=O)O)cc1.OCCN(CCO)CCO. The third kappa shape index (κ3) is 10.4. The largest absolute Gasteiger partial charge is 0.395 e. The highest BCUT2D eigenvalue weighted by Crippen LogP contribution is 2.10. The van der Waals surface area contributed by atoms with Gasteiger partial charge in [0.05, 0.1) is 24.7 Å². The first-order chi connectivity index (χ1) is 10.9. The van der Waals surface area contributed by atoms with Crippen LogP contribution in [-0.2, 0) is 16.5 Å². The van der Waals surface area contributed by atoms with Crippen LogP contribution in [0.25, 0.3) is 0 Å². The summed E-state index contributed by atoms with van der Waals surface area (Å²) in [6.07, 6.45) is 1.94. The molecule has 0 amide bonds. The van der Waals surface area contributed by atoms with E-state index in [9.17, 15) is 8.42 Å². The molecule has 23 heavy (non-hydrogen) atoms. The Hall–Kier alpha value is -1.03. The molecule has 8 heteroatoms. The number of aryl methyl sites for hydroxylation is 1. The minimum atomic E-state index is -4.03. The molecular formula is C15H27NO6S. The quantitative estimate of drug-likeness (QED) is 0.469. The summed E-state index contributed by atoms with van der Waals surface area (Å²) in [5, 5.41) is 25.5. The molecule has 1 aromatic carbocycles. The van der Waals surface area contributed by atoms with E-state index in [1.165, 1.54) is 12.1 Å². The Morgan fingerprint density at radius 2 is 1.35 bits per heavy atom. The summed E-state index contributed by atoms with van der Waals surface area (Å²) in [5.41, 5.74) is 1.08. The lowest BCUT2D eigenvalue weighted by Crippen LogP contribution is -2.32. The van der Waals surface area contributed by atoms with Gasteiger partial charge in [-0.15, -0.1) is 0 Å². The molecule has 134 valence electrons. The zero-order valence-corrected chi connectivity index (χ0v) is 14.2. The van der Waals surface area contributed by atoms with Crippen molar-refractivity contribution in [2.75, 3.05) is 39.5 Å². The Labute approximate surface area is 137 Å². The molecule has 0 bridgehead atoms. The second-order valence-electron chi connectivity index (χ2n) is 4.88. The van der Waals surface area contributed by atoms with E-state index >= 15 is 0 Å². The topological polar surface area (TPSA) is 118 Å². The van der Waals surface area contributed by atoms with Gasteiger partial charge in [-0.2, -0.15) is 8.42 Å². The Balaban J connectivity index is 0.000000438. The van der Waals surface area contributed by atoms with Crippen molar-refractivity contribution in [1.29, 1.82) is 0 Å². The van der Waals surface area contributed by atoms with Gasteiger partial charge in [-0.3, -0.25) is 9.45 Å². The number of rotatable bonds is 9. The van der Waals surface area contributed by atoms with Gasteiger partial charge in [0.1, 0.15) is 0 Å². The molecule has 7 nitrogen and oxygen atoms in total. The zero-order valence-electron chi connectivity index (χ0n) is 13.4. The Kier molecular flexibility index (Phi) is 11.8. The highest BCUT2D eigenvalue weighted by Gasteiger charge is 2.07. The van der Waals surface area contributed by atoms with Gasteiger partial charge < -0.3 is 15.3 Å². The predicted octanol–water partition coefficient (Wildman–Crippen LogP) is 0.151. The summed E-state index contributed by atoms with van der Waals surface area (Å²) >= 11 is 0. The fourth-order valence-corrected chi connectivity index (χ4v) is 2.36. The van der Waals surface area contributed by atoms with Gasteiger partial charge in [0.25, 0.3) is 10.1 Å². The predicted molar refractivity (Wildman–Crippen MR) is 87.9 cm³/mol. The van der Waals surface area contributed by atoms with Crippen molar-refractivity contribution in [3.8, 4) is 0 Å². The maximum atomic E-state index is 10.7. The van der Waals surface area contributed by atoms with Crippen molar-refractivity contribution < 1.29 is 28.3 Å². The maximum Gasteiger partial charge on any atom is 0.294 e. The van der Waals surface area contributed by atoms with Crippen molar-refractivity contribution in [1.82, 2.24) is 4.90 Å². The molecule has 0 aliphatic heterocycles. The molecule has 0 fully saturated rings. The highest BCUT2D eigenvalue weighted by molar-refractivity contribution is 7.85. The number of hydrogen-bond donors (Lipinski definition) is 4. The number of aliphatic hydroxyl groups is 3. The van der Waals surface area contributed by atoms with Crippen molar-refractivity contribution in [2.24, 2.45) is 0 Å². The van der Waals surface area contributed by atoms with Crippen LogP contribution >= 0.6 is 0 Å². The van der Waals surface area contributed by atoms with Crippen LogP contribution < -0.4 is 0 Å². The summed E-state index contributed by atoms with van der Waals surface area (Å²) in [7, 11) is -4.03. The molecule has 4 N–H and O–H groups in total. The van der Waals surface area contributed by atoms with Gasteiger partial charge in [-0.05, 0) is 24.1 Å². The van der Waals surface area contributed by atoms with Crippen LogP contribution in [0.4, 0.5) is 0 Å². The van der Waals surface area contributed by atoms with Crippen molar-refractivity contribution in [3.63, 3.8) is 0 Å². The van der Waals surface area contributed by atoms with Crippen molar-refractivity contribution in [2.45, 2.75) is 24.7 Å². The van der Waals surface area contributed by atoms with E-state index in [1.807, 2.05) is 0 Å². The van der Waals surface area contributed by atoms with Crippen LogP contribution in [-0.4, -0.2) is 72.6 Å². The molecular weight excluding hydrogens is 322 g/mol. The first kappa shape index (κ1) is 22.0. The van der Waals surface area contributed by atoms with E-state index < -0.39 is 10.1 Å². The van der Waals surface area contributed by atoms with Crippen LogP contribution in [0.3, 0.4) is 0 Å². The summed E-state index contributed by atoms with van der Waals surface area (Å²) in [4.78, 5) is 1.74. The van der Waals surface area contributed by atoms with Gasteiger partial charge in [0.2, 0.25) is 0 Å². The van der Waals surface area contributed by atoms with Crippen molar-refractivity contribution in [3.05, 3.63) is 29.8 Å². The van der Waals surface area contributed by atoms with E-state index in [0.717, 1.165) is 18.4 Å². The highest BCUT2D eigenvalue weighted by atomic mass is 32.2. The van der Waals surface area contributed by atoms with Crippen LogP contribution in [0, 0.1) is 0 Å². The number of benzene rings is 1. The van der Waals surface area contributed by atoms with Crippen LogP contribution in [0.15, 0.2) is 29.2 Å². The van der Waals surface area contributed by atoms with E-state index in [-0.39, 0.29) is 24.7 Å². The second kappa shape index (κ2) is 12.4. The molecule has 0 aromatic heterocycles. The molecule has 1 rings (SSSR count). The molecule has 0 spiro atoms. The summed E-state index contributed by atoms with van der Waals surface area (Å²) in [6, 6.07) is 6.26. The lowest BCUT2D eigenvalue weighted by Gasteiger charge is -2.17. The summed E-state index contributed by atoms with van der Waals surface area (Å²) < 4.78 is 30.0. The van der Waals surface area contributed by atoms with E-state index in [2.05, 4.69) is 6.92 Å². The standard InChI is InChI=1S/C9H12O3S.C6H15NO3/c1-2-3-8-4-6-9(7-5-8)13(10,11)12;8-4-1-7(2-5-9)3-6-10/h4-7H,2-3H2,1H3,(H,10,11,12);8-10H,1-6H2. The average molecular weight is 349 g/mol. The lowest BCUT2D eigenvalue weighted by atomic mass is 10.1. The van der Waals surface area contributed by atoms with Crippen molar-refractivity contribution >= 4 is 10.1 Å². The molecule has 0 saturated heterocycles. The first-order valence-electron chi connectivity index (χ1n) is 7.50. The fraction of sp³-hybridized carbons (Fsp3) is 0.600. The second-order valence-corrected chi connectivity index (χ2v) is 6.30. The van der Waals surface area contributed by atoms with Crippen LogP contribution in [0.1, 0.15) is 18.9 Å². The molecule has 0 saturated carbocycles. The molecule has 1 aromatic rings.